The summed E-state index contributed by atoms with van der Waals surface area (Å²) in [6, 6.07) is 0.216. The lowest BCUT2D eigenvalue weighted by atomic mass is 10.2. The molecule has 1 rings (SSSR count). The van der Waals surface area contributed by atoms with Crippen molar-refractivity contribution in [1.82, 2.24) is 15.1 Å². The van der Waals surface area contributed by atoms with Crippen molar-refractivity contribution in [3.63, 3.8) is 0 Å². The van der Waals surface area contributed by atoms with E-state index in [0.29, 0.717) is 6.54 Å². The Hall–Kier alpha value is -1.36. The molecule has 102 valence electrons. The highest BCUT2D eigenvalue weighted by Gasteiger charge is 2.13. The van der Waals surface area contributed by atoms with E-state index in [1.54, 1.807) is 4.68 Å². The first-order valence-electron chi connectivity index (χ1n) is 6.51. The number of nitrogens with one attached hydrogen (secondary N) is 1. The van der Waals surface area contributed by atoms with Gasteiger partial charge in [-0.3, -0.25) is 9.48 Å². The van der Waals surface area contributed by atoms with Crippen LogP contribution < -0.4 is 11.1 Å². The number of amides is 1. The fourth-order valence-corrected chi connectivity index (χ4v) is 2.15. The fraction of sp³-hybridized carbons (Fsp3) is 0.692. The topological polar surface area (TPSA) is 72.9 Å². The van der Waals surface area contributed by atoms with Crippen LogP contribution in [0, 0.1) is 13.8 Å². The first-order valence-corrected chi connectivity index (χ1v) is 6.51. The van der Waals surface area contributed by atoms with Crippen molar-refractivity contribution in [2.75, 3.05) is 0 Å². The second-order valence-corrected chi connectivity index (χ2v) is 4.77. The Kier molecular flexibility index (Phi) is 5.34. The van der Waals surface area contributed by atoms with Gasteiger partial charge in [-0.2, -0.15) is 5.10 Å². The molecule has 1 aromatic heterocycles. The molecule has 0 spiro atoms. The predicted molar refractivity (Wildman–Crippen MR) is 72.1 cm³/mol. The summed E-state index contributed by atoms with van der Waals surface area (Å²) in [5.41, 5.74) is 8.58. The number of rotatable bonds is 6. The van der Waals surface area contributed by atoms with Crippen molar-refractivity contribution in [1.29, 1.82) is 0 Å². The predicted octanol–water partition coefficient (Wildman–Crippen LogP) is 1.26. The molecule has 1 atom stereocenters. The van der Waals surface area contributed by atoms with E-state index in [1.807, 2.05) is 20.8 Å². The lowest BCUT2D eigenvalue weighted by Gasteiger charge is -2.13. The van der Waals surface area contributed by atoms with Crippen molar-refractivity contribution in [2.24, 2.45) is 5.73 Å². The lowest BCUT2D eigenvalue weighted by Crippen LogP contribution is -2.35. The van der Waals surface area contributed by atoms with Crippen LogP contribution in [-0.2, 0) is 17.9 Å². The van der Waals surface area contributed by atoms with Crippen LogP contribution in [0.1, 0.15) is 43.6 Å². The van der Waals surface area contributed by atoms with E-state index >= 15 is 0 Å². The van der Waals surface area contributed by atoms with Gasteiger partial charge < -0.3 is 11.1 Å². The molecule has 18 heavy (non-hydrogen) atoms. The third kappa shape index (κ3) is 3.57. The number of carbonyl (C=O) groups is 1. The second-order valence-electron chi connectivity index (χ2n) is 4.77. The summed E-state index contributed by atoms with van der Waals surface area (Å²) in [7, 11) is 0. The molecule has 0 aliphatic rings. The maximum atomic E-state index is 11.9. The summed E-state index contributed by atoms with van der Waals surface area (Å²) in [4.78, 5) is 11.9. The van der Waals surface area contributed by atoms with Gasteiger partial charge in [-0.15, -0.1) is 0 Å². The van der Waals surface area contributed by atoms with Gasteiger partial charge >= 0.3 is 0 Å². The van der Waals surface area contributed by atoms with Gasteiger partial charge in [0, 0.05) is 23.8 Å². The van der Waals surface area contributed by atoms with Gasteiger partial charge in [0.2, 0.25) is 5.91 Å². The van der Waals surface area contributed by atoms with Crippen LogP contribution in [0.3, 0.4) is 0 Å². The van der Waals surface area contributed by atoms with Crippen LogP contribution in [0.5, 0.6) is 0 Å². The minimum Gasteiger partial charge on any atom is -0.352 e. The smallest absolute Gasteiger partial charge is 0.241 e. The molecule has 1 aromatic rings. The number of nitrogens with zero attached hydrogens (tertiary/aromatic N) is 2. The Morgan fingerprint density at radius 1 is 1.50 bits per heavy atom. The molecule has 0 radical (unpaired) electrons. The molecular weight excluding hydrogens is 228 g/mol. The Morgan fingerprint density at radius 3 is 2.67 bits per heavy atom. The number of hydrogen-bond acceptors (Lipinski definition) is 3. The Bertz CT molecular complexity index is 411. The fourth-order valence-electron chi connectivity index (χ4n) is 2.15. The molecule has 0 saturated carbocycles. The lowest BCUT2D eigenvalue weighted by molar-refractivity contribution is -0.122. The Labute approximate surface area is 109 Å². The normalized spacial score (nSPS) is 12.5. The monoisotopic (exact) mass is 252 g/mol. The Morgan fingerprint density at radius 2 is 2.17 bits per heavy atom. The van der Waals surface area contributed by atoms with Gasteiger partial charge in [0.15, 0.2) is 0 Å². The minimum absolute atomic E-state index is 0.00474. The highest BCUT2D eigenvalue weighted by molar-refractivity contribution is 5.76. The van der Waals surface area contributed by atoms with E-state index in [1.165, 1.54) is 0 Å². The standard InChI is InChI=1S/C13H24N4O/c1-5-6-9(2)15-13(18)8-17-11(4)12(7-14)10(3)16-17/h9H,5-8,14H2,1-4H3,(H,15,18). The second kappa shape index (κ2) is 6.54. The number of carbonyl (C=O) groups excluding carboxylic acids is 1. The summed E-state index contributed by atoms with van der Waals surface area (Å²) in [5, 5.41) is 7.32. The van der Waals surface area contributed by atoms with Crippen LogP contribution in [0.2, 0.25) is 0 Å². The third-order valence-electron chi connectivity index (χ3n) is 3.16. The van der Waals surface area contributed by atoms with Gasteiger partial charge in [-0.05, 0) is 27.2 Å². The van der Waals surface area contributed by atoms with Crippen LogP contribution in [0.25, 0.3) is 0 Å². The summed E-state index contributed by atoms with van der Waals surface area (Å²) < 4.78 is 1.73. The van der Waals surface area contributed by atoms with E-state index in [-0.39, 0.29) is 18.5 Å². The maximum absolute atomic E-state index is 11.9. The van der Waals surface area contributed by atoms with E-state index in [0.717, 1.165) is 29.8 Å². The maximum Gasteiger partial charge on any atom is 0.241 e. The van der Waals surface area contributed by atoms with Gasteiger partial charge in [0.05, 0.1) is 5.69 Å². The van der Waals surface area contributed by atoms with Crippen molar-refractivity contribution in [3.05, 3.63) is 17.0 Å². The highest BCUT2D eigenvalue weighted by Crippen LogP contribution is 2.11. The van der Waals surface area contributed by atoms with Gasteiger partial charge in [0.25, 0.3) is 0 Å². The molecule has 1 amide bonds. The quantitative estimate of drug-likeness (QED) is 0.800. The summed E-state index contributed by atoms with van der Waals surface area (Å²) >= 11 is 0. The number of hydrogen-bond donors (Lipinski definition) is 2. The highest BCUT2D eigenvalue weighted by atomic mass is 16.2. The number of nitrogens with two attached hydrogens (primary N) is 1. The zero-order valence-corrected chi connectivity index (χ0v) is 11.8. The van der Waals surface area contributed by atoms with Crippen molar-refractivity contribution in [2.45, 2.75) is 59.7 Å². The van der Waals surface area contributed by atoms with Crippen molar-refractivity contribution < 1.29 is 4.79 Å². The SMILES string of the molecule is CCCC(C)NC(=O)Cn1nc(C)c(CN)c1C. The van der Waals surface area contributed by atoms with Gasteiger partial charge in [-0.1, -0.05) is 13.3 Å². The third-order valence-corrected chi connectivity index (χ3v) is 3.16. The molecule has 0 bridgehead atoms. The van der Waals surface area contributed by atoms with Crippen LogP contribution >= 0.6 is 0 Å². The first-order chi connectivity index (χ1) is 8.49. The van der Waals surface area contributed by atoms with E-state index in [2.05, 4.69) is 17.3 Å². The molecule has 0 fully saturated rings. The van der Waals surface area contributed by atoms with Crippen LogP contribution in [-0.4, -0.2) is 21.7 Å². The zero-order chi connectivity index (χ0) is 13.7. The van der Waals surface area contributed by atoms with E-state index in [9.17, 15) is 4.79 Å². The Balaban J connectivity index is 2.65. The summed E-state index contributed by atoms with van der Waals surface area (Å²) in [5.74, 6) is 0.00474. The van der Waals surface area contributed by atoms with Crippen molar-refractivity contribution >= 4 is 5.91 Å². The molecule has 5 heteroatoms. The molecule has 0 aromatic carbocycles. The zero-order valence-electron chi connectivity index (χ0n) is 11.8. The largest absolute Gasteiger partial charge is 0.352 e. The minimum atomic E-state index is 0.00474. The average molecular weight is 252 g/mol. The van der Waals surface area contributed by atoms with E-state index in [4.69, 9.17) is 5.73 Å². The van der Waals surface area contributed by atoms with Crippen LogP contribution in [0.4, 0.5) is 0 Å². The molecule has 0 aliphatic carbocycles. The molecule has 1 heterocycles. The summed E-state index contributed by atoms with van der Waals surface area (Å²) in [6.45, 7) is 8.73. The average Bonchev–Trinajstić information content (AvgIpc) is 2.53. The molecule has 0 saturated heterocycles. The molecular formula is C13H24N4O. The molecule has 5 nitrogen and oxygen atoms in total. The summed E-state index contributed by atoms with van der Waals surface area (Å²) in [6.07, 6.45) is 2.07. The van der Waals surface area contributed by atoms with E-state index < -0.39 is 0 Å². The van der Waals surface area contributed by atoms with Crippen molar-refractivity contribution in [3.8, 4) is 0 Å². The first kappa shape index (κ1) is 14.7. The molecule has 0 aliphatic heterocycles. The molecule has 3 N–H and O–H groups in total. The van der Waals surface area contributed by atoms with Crippen LogP contribution in [0.15, 0.2) is 0 Å². The molecule has 1 unspecified atom stereocenters. The van der Waals surface area contributed by atoms with Gasteiger partial charge in [0.1, 0.15) is 6.54 Å². The van der Waals surface area contributed by atoms with Gasteiger partial charge in [-0.25, -0.2) is 0 Å². The number of aryl methyl sites for hydroxylation is 1. The number of aromatic nitrogens is 2.